The van der Waals surface area contributed by atoms with E-state index >= 15 is 0 Å². The highest BCUT2D eigenvalue weighted by atomic mass is 35.5. The average molecular weight is 378 g/mol. The topological polar surface area (TPSA) is 92.6 Å². The first kappa shape index (κ1) is 17.1. The van der Waals surface area contributed by atoms with Crippen LogP contribution in [-0.4, -0.2) is 10.2 Å². The molecule has 0 fully saturated rings. The van der Waals surface area contributed by atoms with Crippen molar-refractivity contribution in [2.75, 3.05) is 5.73 Å². The van der Waals surface area contributed by atoms with Gasteiger partial charge in [-0.05, 0) is 49.4 Å². The highest BCUT2D eigenvalue weighted by Gasteiger charge is 2.18. The van der Waals surface area contributed by atoms with E-state index in [0.717, 1.165) is 28.3 Å². The lowest BCUT2D eigenvalue weighted by atomic mass is 10.1. The molecule has 27 heavy (non-hydrogen) atoms. The molecule has 4 aromatic rings. The normalized spacial score (nSPS) is 11.3. The van der Waals surface area contributed by atoms with Crippen LogP contribution in [0.4, 0.5) is 17.2 Å². The van der Waals surface area contributed by atoms with E-state index in [-0.39, 0.29) is 5.82 Å². The Morgan fingerprint density at radius 3 is 2.52 bits per heavy atom. The summed E-state index contributed by atoms with van der Waals surface area (Å²) in [7, 11) is 0. The SMILES string of the molecule is Cc1oc(-c2ccc(Cl)cc2)cc1-c1[nH]nc(N)c1N=Nc1ccccc1. The molecule has 0 saturated heterocycles. The summed E-state index contributed by atoms with van der Waals surface area (Å²) in [5.41, 5.74) is 9.61. The summed E-state index contributed by atoms with van der Waals surface area (Å²) in [5.74, 6) is 1.72. The van der Waals surface area contributed by atoms with Gasteiger partial charge in [-0.25, -0.2) is 0 Å². The van der Waals surface area contributed by atoms with E-state index in [1.165, 1.54) is 0 Å². The molecule has 6 nitrogen and oxygen atoms in total. The molecule has 0 saturated carbocycles. The van der Waals surface area contributed by atoms with E-state index in [1.807, 2.05) is 67.6 Å². The van der Waals surface area contributed by atoms with E-state index in [4.69, 9.17) is 21.8 Å². The second-order valence-electron chi connectivity index (χ2n) is 5.96. The van der Waals surface area contributed by atoms with E-state index in [2.05, 4.69) is 20.4 Å². The number of nitrogens with two attached hydrogens (primary N) is 1. The minimum atomic E-state index is 0.276. The van der Waals surface area contributed by atoms with E-state index < -0.39 is 0 Å². The molecule has 0 amide bonds. The smallest absolute Gasteiger partial charge is 0.173 e. The third-order valence-corrected chi connectivity index (χ3v) is 4.36. The van der Waals surface area contributed by atoms with Gasteiger partial charge in [-0.15, -0.1) is 5.11 Å². The number of hydrogen-bond acceptors (Lipinski definition) is 5. The van der Waals surface area contributed by atoms with Crippen LogP contribution in [0.25, 0.3) is 22.6 Å². The van der Waals surface area contributed by atoms with E-state index in [9.17, 15) is 0 Å². The molecule has 0 unspecified atom stereocenters. The number of benzene rings is 2. The monoisotopic (exact) mass is 377 g/mol. The summed E-state index contributed by atoms with van der Waals surface area (Å²) >= 11 is 5.96. The molecular weight excluding hydrogens is 362 g/mol. The number of nitrogen functional groups attached to an aromatic ring is 1. The minimum absolute atomic E-state index is 0.276. The van der Waals surface area contributed by atoms with Crippen molar-refractivity contribution in [3.8, 4) is 22.6 Å². The van der Waals surface area contributed by atoms with Crippen molar-refractivity contribution in [2.45, 2.75) is 6.92 Å². The molecule has 2 aromatic heterocycles. The minimum Gasteiger partial charge on any atom is -0.461 e. The van der Waals surface area contributed by atoms with Crippen LogP contribution in [0.15, 0.2) is 75.3 Å². The highest BCUT2D eigenvalue weighted by Crippen LogP contribution is 2.39. The van der Waals surface area contributed by atoms with Gasteiger partial charge >= 0.3 is 0 Å². The zero-order valence-corrected chi connectivity index (χ0v) is 15.2. The van der Waals surface area contributed by atoms with Gasteiger partial charge in [0.25, 0.3) is 0 Å². The van der Waals surface area contributed by atoms with Crippen LogP contribution in [0.5, 0.6) is 0 Å². The Kier molecular flexibility index (Phi) is 4.48. The largest absolute Gasteiger partial charge is 0.461 e. The van der Waals surface area contributed by atoms with Crippen LogP contribution in [0, 0.1) is 6.92 Å². The molecule has 0 atom stereocenters. The fraction of sp³-hybridized carbons (Fsp3) is 0.0500. The van der Waals surface area contributed by atoms with Crippen LogP contribution < -0.4 is 5.73 Å². The van der Waals surface area contributed by atoms with Crippen molar-refractivity contribution in [1.82, 2.24) is 10.2 Å². The number of halogens is 1. The molecule has 0 spiro atoms. The van der Waals surface area contributed by atoms with Crippen LogP contribution in [0.3, 0.4) is 0 Å². The van der Waals surface area contributed by atoms with Gasteiger partial charge < -0.3 is 10.2 Å². The Morgan fingerprint density at radius 1 is 1.04 bits per heavy atom. The van der Waals surface area contributed by atoms with Gasteiger partial charge in [0.2, 0.25) is 0 Å². The Morgan fingerprint density at radius 2 is 1.78 bits per heavy atom. The first-order chi connectivity index (χ1) is 13.1. The second-order valence-corrected chi connectivity index (χ2v) is 6.39. The number of aromatic nitrogens is 2. The van der Waals surface area contributed by atoms with Crippen molar-refractivity contribution in [3.05, 3.63) is 71.4 Å². The summed E-state index contributed by atoms with van der Waals surface area (Å²) in [4.78, 5) is 0. The molecule has 4 rings (SSSR count). The highest BCUT2D eigenvalue weighted by molar-refractivity contribution is 6.30. The number of H-pyrrole nitrogens is 1. The first-order valence-electron chi connectivity index (χ1n) is 8.29. The van der Waals surface area contributed by atoms with Gasteiger partial charge in [0.1, 0.15) is 11.5 Å². The number of nitrogens with zero attached hydrogens (tertiary/aromatic N) is 3. The van der Waals surface area contributed by atoms with Gasteiger partial charge in [0.05, 0.1) is 11.4 Å². The van der Waals surface area contributed by atoms with Gasteiger partial charge in [-0.1, -0.05) is 29.8 Å². The molecule has 0 aliphatic heterocycles. The Balaban J connectivity index is 1.72. The van der Waals surface area contributed by atoms with Crippen LogP contribution in [0.1, 0.15) is 5.76 Å². The van der Waals surface area contributed by atoms with Gasteiger partial charge in [0, 0.05) is 16.1 Å². The summed E-state index contributed by atoms with van der Waals surface area (Å²) in [5, 5.41) is 16.2. The molecule has 0 bridgehead atoms. The summed E-state index contributed by atoms with van der Waals surface area (Å²) in [6, 6.07) is 18.8. The van der Waals surface area contributed by atoms with Crippen molar-refractivity contribution in [3.63, 3.8) is 0 Å². The molecule has 2 aromatic carbocycles. The number of anilines is 1. The maximum atomic E-state index is 5.99. The molecule has 7 heteroatoms. The van der Waals surface area contributed by atoms with E-state index in [0.29, 0.717) is 16.4 Å². The molecular formula is C20H16ClN5O. The number of furan rings is 1. The third-order valence-electron chi connectivity index (χ3n) is 4.11. The third kappa shape index (κ3) is 3.47. The zero-order chi connectivity index (χ0) is 18.8. The Hall–Kier alpha value is -3.38. The Bertz CT molecular complexity index is 1100. The number of nitrogens with one attached hydrogen (secondary N) is 1. The molecule has 2 heterocycles. The van der Waals surface area contributed by atoms with Gasteiger partial charge in [-0.3, -0.25) is 5.10 Å². The van der Waals surface area contributed by atoms with Crippen molar-refractivity contribution < 1.29 is 4.42 Å². The van der Waals surface area contributed by atoms with E-state index in [1.54, 1.807) is 0 Å². The number of aryl methyl sites for hydroxylation is 1. The summed E-state index contributed by atoms with van der Waals surface area (Å²) < 4.78 is 5.92. The summed E-state index contributed by atoms with van der Waals surface area (Å²) in [6.45, 7) is 1.88. The number of aromatic amines is 1. The lowest BCUT2D eigenvalue weighted by Gasteiger charge is -1.97. The van der Waals surface area contributed by atoms with Crippen molar-refractivity contribution in [1.29, 1.82) is 0 Å². The van der Waals surface area contributed by atoms with Crippen molar-refractivity contribution >= 4 is 28.8 Å². The maximum absolute atomic E-state index is 5.99. The van der Waals surface area contributed by atoms with Crippen LogP contribution in [-0.2, 0) is 0 Å². The maximum Gasteiger partial charge on any atom is 0.173 e. The molecule has 0 radical (unpaired) electrons. The van der Waals surface area contributed by atoms with Gasteiger partial charge in [0.15, 0.2) is 11.5 Å². The number of azo groups is 1. The fourth-order valence-electron chi connectivity index (χ4n) is 2.73. The van der Waals surface area contributed by atoms with Crippen LogP contribution in [0.2, 0.25) is 5.02 Å². The predicted octanol–water partition coefficient (Wildman–Crippen LogP) is 6.30. The second kappa shape index (κ2) is 7.09. The molecule has 134 valence electrons. The van der Waals surface area contributed by atoms with Crippen LogP contribution >= 0.6 is 11.6 Å². The summed E-state index contributed by atoms with van der Waals surface area (Å²) in [6.07, 6.45) is 0. The molecule has 0 aliphatic carbocycles. The fourth-order valence-corrected chi connectivity index (χ4v) is 2.85. The lowest BCUT2D eigenvalue weighted by molar-refractivity contribution is 0.549. The van der Waals surface area contributed by atoms with Gasteiger partial charge in [-0.2, -0.15) is 10.2 Å². The number of rotatable bonds is 4. The average Bonchev–Trinajstić information content (AvgIpc) is 3.24. The molecule has 3 N–H and O–H groups in total. The first-order valence-corrected chi connectivity index (χ1v) is 8.67. The standard InChI is InChI=1S/C20H16ClN5O/c1-12-16(11-17(27-12)13-7-9-14(21)10-8-13)18-19(20(22)26-24-18)25-23-15-5-3-2-4-6-15/h2-11H,1H3,(H3,22,24,26). The zero-order valence-electron chi connectivity index (χ0n) is 14.5. The predicted molar refractivity (Wildman–Crippen MR) is 107 cm³/mol. The van der Waals surface area contributed by atoms with Crippen molar-refractivity contribution in [2.24, 2.45) is 10.2 Å². The number of hydrogen-bond donors (Lipinski definition) is 2. The quantitative estimate of drug-likeness (QED) is 0.409. The lowest BCUT2D eigenvalue weighted by Crippen LogP contribution is -1.83. The Labute approximate surface area is 160 Å². The molecule has 0 aliphatic rings.